The standard InChI is InChI=1S/C26H44N6O5/c1-7-18-14-32(22(17(18)6)23(34)31-20(25(36)37)12-15(2)3)24(35)19(30-21(33)13-16(4)5)10-8-9-11-29-26(27)28/h7,13,15,17,19-20,22H,8-12,14H2,1-6H3,(H,30,33)(H,31,34)(H,36,37)(H4,27,28,29)/b18-7-/t17-,19+,20+,22+/m1/s1. The molecule has 11 nitrogen and oxygen atoms in total. The zero-order valence-corrected chi connectivity index (χ0v) is 22.9. The lowest BCUT2D eigenvalue weighted by Crippen LogP contribution is -2.56. The number of hydrogen-bond donors (Lipinski definition) is 5. The number of carbonyl (C=O) groups excluding carboxylic acids is 3. The number of unbranched alkanes of at least 4 members (excludes halogenated alkanes) is 1. The van der Waals surface area contributed by atoms with Crippen LogP contribution in [0.2, 0.25) is 0 Å². The monoisotopic (exact) mass is 520 g/mol. The normalized spacial score (nSPS) is 19.8. The summed E-state index contributed by atoms with van der Waals surface area (Å²) in [5, 5.41) is 15.0. The van der Waals surface area contributed by atoms with Crippen LogP contribution in [-0.4, -0.2) is 70.9 Å². The van der Waals surface area contributed by atoms with Crippen LogP contribution in [-0.2, 0) is 19.2 Å². The summed E-state index contributed by atoms with van der Waals surface area (Å²) in [6, 6.07) is -2.82. The van der Waals surface area contributed by atoms with Gasteiger partial charge in [-0.3, -0.25) is 19.4 Å². The van der Waals surface area contributed by atoms with Crippen molar-refractivity contribution in [3.63, 3.8) is 0 Å². The maximum Gasteiger partial charge on any atom is 0.326 e. The molecule has 0 aromatic rings. The molecule has 0 spiro atoms. The zero-order valence-electron chi connectivity index (χ0n) is 22.9. The maximum atomic E-state index is 13.8. The number of carboxylic acids is 1. The third-order valence-corrected chi connectivity index (χ3v) is 6.22. The van der Waals surface area contributed by atoms with Crippen LogP contribution in [0.3, 0.4) is 0 Å². The van der Waals surface area contributed by atoms with E-state index in [2.05, 4.69) is 15.6 Å². The topological polar surface area (TPSA) is 180 Å². The van der Waals surface area contributed by atoms with Crippen LogP contribution >= 0.6 is 0 Å². The Balaban J connectivity index is 3.20. The Morgan fingerprint density at radius 1 is 1.14 bits per heavy atom. The molecule has 7 N–H and O–H groups in total. The SMILES string of the molecule is C/C=C1/CN(C(=O)[C@H](CCCCN=C(N)N)NC(=O)C=C(C)C)[C@H](C(=O)N[C@@H](CC(C)C)C(=O)O)[C@@H]1C. The summed E-state index contributed by atoms with van der Waals surface area (Å²) in [6.45, 7) is 11.6. The molecule has 11 heteroatoms. The Morgan fingerprint density at radius 2 is 1.78 bits per heavy atom. The number of carbonyl (C=O) groups is 4. The number of nitrogens with two attached hydrogens (primary N) is 2. The molecule has 37 heavy (non-hydrogen) atoms. The van der Waals surface area contributed by atoms with Crippen LogP contribution in [0.4, 0.5) is 0 Å². The molecule has 0 unspecified atom stereocenters. The Kier molecular flexibility index (Phi) is 12.8. The molecule has 0 saturated carbocycles. The predicted octanol–water partition coefficient (Wildman–Crippen LogP) is 1.29. The van der Waals surface area contributed by atoms with Crippen molar-refractivity contribution >= 4 is 29.7 Å². The molecular formula is C26H44N6O5. The number of nitrogens with one attached hydrogen (secondary N) is 2. The van der Waals surface area contributed by atoms with Crippen molar-refractivity contribution < 1.29 is 24.3 Å². The summed E-state index contributed by atoms with van der Waals surface area (Å²) < 4.78 is 0. The van der Waals surface area contributed by atoms with Gasteiger partial charge in [0.1, 0.15) is 18.1 Å². The Labute approximate surface area is 219 Å². The molecule has 1 fully saturated rings. The van der Waals surface area contributed by atoms with Crippen molar-refractivity contribution in [2.75, 3.05) is 13.1 Å². The van der Waals surface area contributed by atoms with Gasteiger partial charge in [-0.2, -0.15) is 0 Å². The average molecular weight is 521 g/mol. The highest BCUT2D eigenvalue weighted by atomic mass is 16.4. The van der Waals surface area contributed by atoms with Crippen molar-refractivity contribution in [2.24, 2.45) is 28.3 Å². The molecule has 1 heterocycles. The Morgan fingerprint density at radius 3 is 2.30 bits per heavy atom. The van der Waals surface area contributed by atoms with E-state index >= 15 is 0 Å². The number of aliphatic imine (C=N–C) groups is 1. The van der Waals surface area contributed by atoms with Gasteiger partial charge in [0.25, 0.3) is 0 Å². The second kappa shape index (κ2) is 15.0. The summed E-state index contributed by atoms with van der Waals surface area (Å²) in [5.41, 5.74) is 12.4. The van der Waals surface area contributed by atoms with Crippen LogP contribution < -0.4 is 22.1 Å². The van der Waals surface area contributed by atoms with E-state index in [4.69, 9.17) is 11.5 Å². The number of allylic oxidation sites excluding steroid dienone is 2. The first-order valence-corrected chi connectivity index (χ1v) is 12.8. The maximum absolute atomic E-state index is 13.8. The van der Waals surface area contributed by atoms with Gasteiger partial charge in [-0.05, 0) is 57.9 Å². The van der Waals surface area contributed by atoms with E-state index in [9.17, 15) is 24.3 Å². The van der Waals surface area contributed by atoms with Gasteiger partial charge in [0.2, 0.25) is 17.7 Å². The molecule has 3 amide bonds. The number of guanidine groups is 1. The van der Waals surface area contributed by atoms with E-state index in [-0.39, 0.29) is 30.8 Å². The molecule has 0 aromatic heterocycles. The molecule has 208 valence electrons. The molecule has 0 bridgehead atoms. The lowest BCUT2D eigenvalue weighted by Gasteiger charge is -2.30. The van der Waals surface area contributed by atoms with E-state index in [1.807, 2.05) is 33.8 Å². The summed E-state index contributed by atoms with van der Waals surface area (Å²) in [5.74, 6) is -2.70. The molecule has 0 aliphatic carbocycles. The third-order valence-electron chi connectivity index (χ3n) is 6.22. The number of rotatable bonds is 13. The minimum atomic E-state index is -1.12. The van der Waals surface area contributed by atoms with Crippen molar-refractivity contribution in [1.82, 2.24) is 15.5 Å². The highest BCUT2D eigenvalue weighted by molar-refractivity contribution is 5.96. The molecule has 0 aromatic carbocycles. The number of hydrogen-bond acceptors (Lipinski definition) is 5. The van der Waals surface area contributed by atoms with E-state index in [0.717, 1.165) is 11.1 Å². The summed E-state index contributed by atoms with van der Waals surface area (Å²) >= 11 is 0. The lowest BCUT2D eigenvalue weighted by molar-refractivity contribution is -0.145. The van der Waals surface area contributed by atoms with E-state index in [1.54, 1.807) is 13.8 Å². The van der Waals surface area contributed by atoms with Gasteiger partial charge in [-0.15, -0.1) is 0 Å². The third kappa shape index (κ3) is 10.3. The molecule has 4 atom stereocenters. The van der Waals surface area contributed by atoms with Crippen LogP contribution in [0.15, 0.2) is 28.3 Å². The molecule has 0 radical (unpaired) electrons. The van der Waals surface area contributed by atoms with Gasteiger partial charge < -0.3 is 32.1 Å². The molecule has 1 aliphatic heterocycles. The second-order valence-electron chi connectivity index (χ2n) is 10.2. The van der Waals surface area contributed by atoms with E-state index < -0.39 is 41.8 Å². The second-order valence-corrected chi connectivity index (χ2v) is 10.2. The van der Waals surface area contributed by atoms with Gasteiger partial charge in [-0.1, -0.05) is 32.4 Å². The van der Waals surface area contributed by atoms with Crippen LogP contribution in [0.5, 0.6) is 0 Å². The Bertz CT molecular complexity index is 918. The number of carboxylic acid groups (broad SMARTS) is 1. The van der Waals surface area contributed by atoms with Crippen LogP contribution in [0.1, 0.15) is 67.2 Å². The fourth-order valence-corrected chi connectivity index (χ4v) is 4.40. The lowest BCUT2D eigenvalue weighted by atomic mass is 9.96. The summed E-state index contributed by atoms with van der Waals surface area (Å²) in [4.78, 5) is 56.8. The van der Waals surface area contributed by atoms with Gasteiger partial charge in [0.15, 0.2) is 5.96 Å². The average Bonchev–Trinajstić information content (AvgIpc) is 3.12. The fraction of sp³-hybridized carbons (Fsp3) is 0.654. The summed E-state index contributed by atoms with van der Waals surface area (Å²) in [6.07, 6.45) is 5.05. The van der Waals surface area contributed by atoms with Gasteiger partial charge in [0, 0.05) is 25.1 Å². The van der Waals surface area contributed by atoms with Crippen LogP contribution in [0.25, 0.3) is 0 Å². The number of nitrogens with zero attached hydrogens (tertiary/aromatic N) is 2. The smallest absolute Gasteiger partial charge is 0.326 e. The Hall–Kier alpha value is -3.37. The zero-order chi connectivity index (χ0) is 28.3. The molecular weight excluding hydrogens is 476 g/mol. The predicted molar refractivity (Wildman–Crippen MR) is 143 cm³/mol. The highest BCUT2D eigenvalue weighted by Crippen LogP contribution is 2.30. The van der Waals surface area contributed by atoms with Gasteiger partial charge in [0.05, 0.1) is 0 Å². The van der Waals surface area contributed by atoms with Crippen molar-refractivity contribution in [2.45, 2.75) is 85.4 Å². The minimum absolute atomic E-state index is 0.0135. The van der Waals surface area contributed by atoms with Gasteiger partial charge in [-0.25, -0.2) is 4.79 Å². The van der Waals surface area contributed by atoms with E-state index in [0.29, 0.717) is 25.8 Å². The number of likely N-dealkylation sites (tertiary alicyclic amines) is 1. The highest BCUT2D eigenvalue weighted by Gasteiger charge is 2.44. The molecule has 1 rings (SSSR count). The number of aliphatic carboxylic acids is 1. The minimum Gasteiger partial charge on any atom is -0.480 e. The van der Waals surface area contributed by atoms with Crippen molar-refractivity contribution in [1.29, 1.82) is 0 Å². The quantitative estimate of drug-likeness (QED) is 0.0797. The van der Waals surface area contributed by atoms with Crippen LogP contribution in [0, 0.1) is 11.8 Å². The number of amides is 3. The fourth-order valence-electron chi connectivity index (χ4n) is 4.40. The van der Waals surface area contributed by atoms with Gasteiger partial charge >= 0.3 is 5.97 Å². The first-order valence-electron chi connectivity index (χ1n) is 12.8. The first-order chi connectivity index (χ1) is 17.3. The molecule has 1 saturated heterocycles. The van der Waals surface area contributed by atoms with E-state index in [1.165, 1.54) is 11.0 Å². The van der Waals surface area contributed by atoms with Crippen molar-refractivity contribution in [3.8, 4) is 0 Å². The van der Waals surface area contributed by atoms with Crippen molar-refractivity contribution in [3.05, 3.63) is 23.3 Å². The summed E-state index contributed by atoms with van der Waals surface area (Å²) in [7, 11) is 0. The largest absolute Gasteiger partial charge is 0.480 e. The molecule has 1 aliphatic rings. The first kappa shape index (κ1) is 31.7.